The first kappa shape index (κ1) is 36.5. The van der Waals surface area contributed by atoms with E-state index in [-0.39, 0.29) is 0 Å². The van der Waals surface area contributed by atoms with Crippen LogP contribution in [-0.2, 0) is 0 Å². The minimum absolute atomic E-state index is 0.909. The molecule has 3 heterocycles. The molecule has 300 valence electrons. The van der Waals surface area contributed by atoms with Crippen molar-refractivity contribution < 1.29 is 4.42 Å². The Labute approximate surface area is 371 Å². The van der Waals surface area contributed by atoms with E-state index in [1.807, 2.05) is 12.1 Å². The number of hydrogen-bond donors (Lipinski definition) is 0. The molecule has 3 aromatic heterocycles. The number of rotatable bonds is 7. The van der Waals surface area contributed by atoms with Gasteiger partial charge in [-0.05, 0) is 98.6 Å². The fourth-order valence-corrected chi connectivity index (χ4v) is 15.4. The molecular weight excluding hydrogens is 793 g/mol. The van der Waals surface area contributed by atoms with Gasteiger partial charge in [0.05, 0.1) is 22.1 Å². The lowest BCUT2D eigenvalue weighted by atomic mass is 10.0. The second kappa shape index (κ2) is 14.5. The van der Waals surface area contributed by atoms with Crippen LogP contribution in [0.5, 0.6) is 0 Å². The lowest BCUT2D eigenvalue weighted by molar-refractivity contribution is 0.669. The van der Waals surface area contributed by atoms with E-state index in [9.17, 15) is 0 Å². The van der Waals surface area contributed by atoms with Crippen molar-refractivity contribution in [2.45, 2.75) is 0 Å². The second-order valence-electron chi connectivity index (χ2n) is 16.8. The average molecular weight is 833 g/mol. The summed E-state index contributed by atoms with van der Waals surface area (Å²) in [5, 5.41) is 12.6. The Kier molecular flexibility index (Phi) is 8.23. The Morgan fingerprint density at radius 1 is 0.266 bits per heavy atom. The summed E-state index contributed by atoms with van der Waals surface area (Å²) in [5.41, 5.74) is 11.2. The molecule has 0 aliphatic carbocycles. The molecule has 0 saturated heterocycles. The first-order chi connectivity index (χ1) is 31.7. The van der Waals surface area contributed by atoms with Crippen LogP contribution in [0.2, 0.25) is 0 Å². The maximum Gasteiger partial charge on any atom is 0.179 e. The fraction of sp³-hybridized carbons (Fsp3) is 0. The summed E-state index contributed by atoms with van der Waals surface area (Å²) < 4.78 is 11.1. The van der Waals surface area contributed by atoms with E-state index in [1.54, 1.807) is 0 Å². The zero-order chi connectivity index (χ0) is 42.2. The van der Waals surface area contributed by atoms with Crippen molar-refractivity contribution in [1.29, 1.82) is 0 Å². The number of fused-ring (bicyclic) bond motifs is 9. The molecule has 0 aliphatic rings. The van der Waals surface area contributed by atoms with E-state index in [4.69, 9.17) is 4.42 Å². The predicted octanol–water partition coefficient (Wildman–Crippen LogP) is 12.8. The van der Waals surface area contributed by atoms with Gasteiger partial charge in [-0.1, -0.05) is 176 Å². The fourth-order valence-electron chi connectivity index (χ4n) is 10.7. The Balaban J connectivity index is 1.02. The number of benzene rings is 10. The lowest BCUT2D eigenvalue weighted by Gasteiger charge is -2.34. The summed E-state index contributed by atoms with van der Waals surface area (Å²) in [6, 6.07) is 89.4. The van der Waals surface area contributed by atoms with Crippen molar-refractivity contribution in [1.82, 2.24) is 9.13 Å². The Morgan fingerprint density at radius 3 is 1.41 bits per heavy atom. The first-order valence-electron chi connectivity index (χ1n) is 22.0. The molecule has 3 nitrogen and oxygen atoms in total. The van der Waals surface area contributed by atoms with Gasteiger partial charge in [0.25, 0.3) is 0 Å². The van der Waals surface area contributed by atoms with E-state index in [0.717, 1.165) is 33.3 Å². The highest BCUT2D eigenvalue weighted by molar-refractivity contribution is 7.19. The summed E-state index contributed by atoms with van der Waals surface area (Å²) in [4.78, 5) is 0. The third-order valence-corrected chi connectivity index (χ3v) is 18.2. The number of furan rings is 1. The molecule has 0 saturated carbocycles. The van der Waals surface area contributed by atoms with Crippen molar-refractivity contribution in [3.63, 3.8) is 0 Å². The van der Waals surface area contributed by atoms with Crippen molar-refractivity contribution >= 4 is 94.4 Å². The van der Waals surface area contributed by atoms with E-state index in [0.29, 0.717) is 0 Å². The van der Waals surface area contributed by atoms with Crippen LogP contribution in [0.3, 0.4) is 0 Å². The second-order valence-corrected chi connectivity index (χ2v) is 20.7. The van der Waals surface area contributed by atoms with E-state index in [1.165, 1.54) is 75.5 Å². The standard InChI is InChI=1S/C60H40N2OSi/c1-4-18-45(19-5-1)64(46-20-6-2-7-21-46,47-22-8-3-9-23-47)48-24-16-17-43(39-48)62-55-28-13-10-25-49(55)51-34-33-44(40-58(51)62)61-56-29-14-11-26-50(56)53-37-41(31-35-57(53)61)42-32-36-60-54(38-42)52-27-12-15-30-59(52)63-60/h1-40H. The summed E-state index contributed by atoms with van der Waals surface area (Å²) in [6.07, 6.45) is 0. The van der Waals surface area contributed by atoms with E-state index >= 15 is 0 Å². The largest absolute Gasteiger partial charge is 0.456 e. The molecule has 13 rings (SSSR count). The lowest BCUT2D eigenvalue weighted by Crippen LogP contribution is -2.74. The topological polar surface area (TPSA) is 23.0 Å². The molecule has 13 aromatic rings. The SMILES string of the molecule is c1ccc([Si](c2ccccc2)(c2ccccc2)c2cccc(-n3c4ccccc4c4ccc(-n5c6ccccc6c6cc(-c7ccc8oc9ccccc9c8c7)ccc65)cc43)c2)cc1. The normalized spacial score (nSPS) is 12.1. The van der Waals surface area contributed by atoms with Gasteiger partial charge in [0.2, 0.25) is 0 Å². The van der Waals surface area contributed by atoms with Crippen LogP contribution in [0.1, 0.15) is 0 Å². The van der Waals surface area contributed by atoms with Gasteiger partial charge in [-0.3, -0.25) is 0 Å². The number of aromatic nitrogens is 2. The molecular formula is C60H40N2OSi. The van der Waals surface area contributed by atoms with Crippen molar-refractivity contribution in [2.24, 2.45) is 0 Å². The quantitative estimate of drug-likeness (QED) is 0.116. The van der Waals surface area contributed by atoms with Crippen molar-refractivity contribution in [3.05, 3.63) is 243 Å². The molecule has 4 heteroatoms. The minimum atomic E-state index is -2.77. The zero-order valence-electron chi connectivity index (χ0n) is 34.9. The third kappa shape index (κ3) is 5.46. The highest BCUT2D eigenvalue weighted by Crippen LogP contribution is 2.39. The maximum atomic E-state index is 6.18. The van der Waals surface area contributed by atoms with Crippen LogP contribution in [0.25, 0.3) is 88.1 Å². The molecule has 0 amide bonds. The molecule has 0 fully saturated rings. The molecule has 0 bridgehead atoms. The molecule has 10 aromatic carbocycles. The van der Waals surface area contributed by atoms with Gasteiger partial charge in [0.1, 0.15) is 11.2 Å². The molecule has 0 N–H and O–H groups in total. The van der Waals surface area contributed by atoms with Crippen molar-refractivity contribution in [2.75, 3.05) is 0 Å². The first-order valence-corrected chi connectivity index (χ1v) is 24.0. The summed E-state index contributed by atoms with van der Waals surface area (Å²) in [5.74, 6) is 0. The Bertz CT molecular complexity index is 3800. The van der Waals surface area contributed by atoms with Crippen LogP contribution >= 0.6 is 0 Å². The van der Waals surface area contributed by atoms with Gasteiger partial charge in [0, 0.05) is 43.7 Å². The Morgan fingerprint density at radius 2 is 0.734 bits per heavy atom. The van der Waals surface area contributed by atoms with Gasteiger partial charge in [-0.2, -0.15) is 0 Å². The smallest absolute Gasteiger partial charge is 0.179 e. The predicted molar refractivity (Wildman–Crippen MR) is 271 cm³/mol. The molecule has 0 unspecified atom stereocenters. The van der Waals surface area contributed by atoms with Gasteiger partial charge in [-0.25, -0.2) is 0 Å². The van der Waals surface area contributed by atoms with Crippen LogP contribution in [0.15, 0.2) is 247 Å². The van der Waals surface area contributed by atoms with Gasteiger partial charge < -0.3 is 13.6 Å². The highest BCUT2D eigenvalue weighted by Gasteiger charge is 2.41. The molecule has 0 aliphatic heterocycles. The minimum Gasteiger partial charge on any atom is -0.456 e. The van der Waals surface area contributed by atoms with Crippen LogP contribution < -0.4 is 20.7 Å². The third-order valence-electron chi connectivity index (χ3n) is 13.5. The highest BCUT2D eigenvalue weighted by atomic mass is 28.3. The molecule has 0 radical (unpaired) electrons. The zero-order valence-corrected chi connectivity index (χ0v) is 35.9. The Hall–Kier alpha value is -8.18. The number of para-hydroxylation sites is 3. The maximum absolute atomic E-state index is 6.18. The molecule has 0 atom stereocenters. The monoisotopic (exact) mass is 832 g/mol. The van der Waals surface area contributed by atoms with Gasteiger partial charge >= 0.3 is 0 Å². The van der Waals surface area contributed by atoms with Crippen molar-refractivity contribution in [3.8, 4) is 22.5 Å². The van der Waals surface area contributed by atoms with Crippen LogP contribution in [0.4, 0.5) is 0 Å². The molecule has 64 heavy (non-hydrogen) atoms. The summed E-state index contributed by atoms with van der Waals surface area (Å²) in [7, 11) is -2.77. The average Bonchev–Trinajstić information content (AvgIpc) is 4.02. The summed E-state index contributed by atoms with van der Waals surface area (Å²) in [6.45, 7) is 0. The summed E-state index contributed by atoms with van der Waals surface area (Å²) >= 11 is 0. The van der Waals surface area contributed by atoms with Gasteiger partial charge in [0.15, 0.2) is 8.07 Å². The number of hydrogen-bond acceptors (Lipinski definition) is 1. The number of nitrogens with zero attached hydrogens (tertiary/aromatic N) is 2. The van der Waals surface area contributed by atoms with Crippen LogP contribution in [-0.4, -0.2) is 17.2 Å². The van der Waals surface area contributed by atoms with E-state index < -0.39 is 8.07 Å². The van der Waals surface area contributed by atoms with Crippen LogP contribution in [0, 0.1) is 0 Å². The van der Waals surface area contributed by atoms with E-state index in [2.05, 4.69) is 240 Å². The molecule has 0 spiro atoms. The van der Waals surface area contributed by atoms with Gasteiger partial charge in [-0.15, -0.1) is 0 Å².